The number of aromatic nitrogens is 3. The Balaban J connectivity index is 1.28. The second-order valence-corrected chi connectivity index (χ2v) is 12.3. The number of aryl methyl sites for hydroxylation is 1. The van der Waals surface area contributed by atoms with Crippen molar-refractivity contribution in [2.75, 3.05) is 23.1 Å². The molecule has 1 aliphatic carbocycles. The third-order valence-electron chi connectivity index (χ3n) is 6.67. The summed E-state index contributed by atoms with van der Waals surface area (Å²) in [4.78, 5) is 14.9. The first-order chi connectivity index (χ1) is 17.6. The average Bonchev–Trinajstić information content (AvgIpc) is 3.52. The molecule has 186 valence electrons. The Morgan fingerprint density at radius 3 is 2.78 bits per heavy atom. The topological polar surface area (TPSA) is 84.0 Å². The monoisotopic (exact) mass is 518 g/mol. The second-order valence-electron chi connectivity index (χ2n) is 9.73. The highest BCUT2D eigenvalue weighted by Crippen LogP contribution is 2.48. The van der Waals surface area contributed by atoms with Crippen molar-refractivity contribution in [2.24, 2.45) is 0 Å². The molecule has 1 unspecified atom stereocenters. The Morgan fingerprint density at radius 2 is 1.97 bits per heavy atom. The molecule has 36 heavy (non-hydrogen) atoms. The lowest BCUT2D eigenvalue weighted by molar-refractivity contribution is 0.472. The quantitative estimate of drug-likeness (QED) is 0.224. The van der Waals surface area contributed by atoms with Crippen molar-refractivity contribution in [2.45, 2.75) is 50.3 Å². The highest BCUT2D eigenvalue weighted by molar-refractivity contribution is 8.02. The Kier molecular flexibility index (Phi) is 6.45. The van der Waals surface area contributed by atoms with Crippen LogP contribution in [-0.2, 0) is 0 Å². The van der Waals surface area contributed by atoms with Gasteiger partial charge in [0.15, 0.2) is 0 Å². The summed E-state index contributed by atoms with van der Waals surface area (Å²) in [5.41, 5.74) is 1.92. The number of benzene rings is 2. The van der Waals surface area contributed by atoms with Gasteiger partial charge in [-0.25, -0.2) is 15.0 Å². The normalized spacial score (nSPS) is 18.7. The van der Waals surface area contributed by atoms with Crippen LogP contribution in [0.25, 0.3) is 21.3 Å². The smallest absolute Gasteiger partial charge is 0.240 e. The van der Waals surface area contributed by atoms with Crippen LogP contribution in [0, 0.1) is 6.92 Å². The summed E-state index contributed by atoms with van der Waals surface area (Å²) < 4.78 is 10.4. The van der Waals surface area contributed by atoms with Crippen molar-refractivity contribution in [1.82, 2.24) is 20.3 Å². The molecule has 1 aliphatic heterocycles. The lowest BCUT2D eigenvalue weighted by Crippen LogP contribution is -2.38. The van der Waals surface area contributed by atoms with Crippen molar-refractivity contribution < 1.29 is 4.74 Å². The first-order valence-electron chi connectivity index (χ1n) is 12.5. The van der Waals surface area contributed by atoms with Crippen LogP contribution in [0.3, 0.4) is 0 Å². The van der Waals surface area contributed by atoms with Gasteiger partial charge >= 0.3 is 0 Å². The summed E-state index contributed by atoms with van der Waals surface area (Å²) in [6, 6.07) is 14.7. The van der Waals surface area contributed by atoms with Crippen molar-refractivity contribution in [3.63, 3.8) is 0 Å². The molecular weight excluding hydrogens is 488 g/mol. The van der Waals surface area contributed by atoms with Crippen molar-refractivity contribution in [3.8, 4) is 22.2 Å². The fourth-order valence-electron chi connectivity index (χ4n) is 4.36. The van der Waals surface area contributed by atoms with Gasteiger partial charge in [0.05, 0.1) is 16.4 Å². The molecule has 2 aromatic carbocycles. The van der Waals surface area contributed by atoms with Crippen LogP contribution in [0.1, 0.15) is 37.6 Å². The van der Waals surface area contributed by atoms with E-state index in [1.165, 1.54) is 12.8 Å². The Labute approximate surface area is 219 Å². The first kappa shape index (κ1) is 23.5. The van der Waals surface area contributed by atoms with Gasteiger partial charge in [-0.15, -0.1) is 11.3 Å². The zero-order valence-corrected chi connectivity index (χ0v) is 22.1. The number of nitrogens with one attached hydrogen (secondary N) is 3. The third-order valence-corrected chi connectivity index (χ3v) is 8.87. The summed E-state index contributed by atoms with van der Waals surface area (Å²) in [6.45, 7) is 6.30. The minimum atomic E-state index is 0.340. The van der Waals surface area contributed by atoms with Gasteiger partial charge in [-0.1, -0.05) is 24.3 Å². The molecule has 7 nitrogen and oxygen atoms in total. The van der Waals surface area contributed by atoms with E-state index in [9.17, 15) is 0 Å². The molecule has 1 saturated heterocycles. The summed E-state index contributed by atoms with van der Waals surface area (Å²) >= 11 is 3.40. The molecular formula is C27H30N6OS2. The molecule has 3 N–H and O–H groups in total. The van der Waals surface area contributed by atoms with Crippen molar-refractivity contribution >= 4 is 45.7 Å². The molecule has 1 saturated carbocycles. The fraction of sp³-hybridized carbons (Fsp3) is 0.370. The number of anilines is 2. The van der Waals surface area contributed by atoms with Crippen LogP contribution in [0.4, 0.5) is 11.6 Å². The van der Waals surface area contributed by atoms with E-state index in [1.54, 1.807) is 17.5 Å². The summed E-state index contributed by atoms with van der Waals surface area (Å²) in [6.07, 6.45) is 6.59. The van der Waals surface area contributed by atoms with Gasteiger partial charge in [-0.3, -0.25) is 0 Å². The molecule has 2 aromatic heterocycles. The number of hydrogen-bond acceptors (Lipinski definition) is 9. The molecule has 0 amide bonds. The summed E-state index contributed by atoms with van der Waals surface area (Å²) in [7, 11) is 0. The van der Waals surface area contributed by atoms with E-state index in [0.29, 0.717) is 22.6 Å². The molecule has 2 aliphatic rings. The zero-order valence-electron chi connectivity index (χ0n) is 20.5. The van der Waals surface area contributed by atoms with Crippen LogP contribution in [0.2, 0.25) is 0 Å². The molecule has 4 aromatic rings. The lowest BCUT2D eigenvalue weighted by Gasteiger charge is -2.23. The number of ether oxygens (including phenoxy) is 1. The second kappa shape index (κ2) is 9.88. The van der Waals surface area contributed by atoms with Crippen LogP contribution in [0.5, 0.6) is 11.6 Å². The SMILES string of the molecule is Cc1nc(Oc2ccc(NSC3(C)CC3)c3ccccc23)c(-c2ccnc(NC3CCCNC3)n2)s1. The third kappa shape index (κ3) is 5.14. The van der Waals surface area contributed by atoms with Gasteiger partial charge in [0.2, 0.25) is 11.8 Å². The van der Waals surface area contributed by atoms with Gasteiger partial charge in [0.1, 0.15) is 10.6 Å². The van der Waals surface area contributed by atoms with Gasteiger partial charge in [-0.05, 0) is 76.2 Å². The van der Waals surface area contributed by atoms with E-state index in [1.807, 2.05) is 37.1 Å². The first-order valence-corrected chi connectivity index (χ1v) is 14.1. The number of fused-ring (bicyclic) bond motifs is 1. The molecule has 9 heteroatoms. The average molecular weight is 519 g/mol. The number of thiazole rings is 1. The molecule has 6 rings (SSSR count). The van der Waals surface area contributed by atoms with Crippen LogP contribution in [0.15, 0.2) is 48.7 Å². The van der Waals surface area contributed by atoms with Crippen molar-refractivity contribution in [1.29, 1.82) is 0 Å². The molecule has 2 fully saturated rings. The van der Waals surface area contributed by atoms with E-state index in [0.717, 1.165) is 63.7 Å². The highest BCUT2D eigenvalue weighted by Gasteiger charge is 2.38. The van der Waals surface area contributed by atoms with Gasteiger partial charge in [0.25, 0.3) is 0 Å². The van der Waals surface area contributed by atoms with E-state index in [2.05, 4.69) is 51.5 Å². The molecule has 0 bridgehead atoms. The number of hydrogen-bond donors (Lipinski definition) is 3. The van der Waals surface area contributed by atoms with E-state index in [4.69, 9.17) is 14.7 Å². The standard InChI is InChI=1S/C27H30N6OS2/c1-17-30-25(24(35-17)22-11-15-29-26(32-22)31-18-6-5-14-28-16-18)34-23-10-9-21(33-36-27(2)12-13-27)19-7-3-4-8-20(19)23/h3-4,7-11,15,18,28,33H,5-6,12-14,16H2,1-2H3,(H,29,31,32). The van der Waals surface area contributed by atoms with E-state index >= 15 is 0 Å². The Hall–Kier alpha value is -2.88. The number of nitrogens with zero attached hydrogens (tertiary/aromatic N) is 3. The minimum absolute atomic E-state index is 0.340. The maximum absolute atomic E-state index is 6.47. The van der Waals surface area contributed by atoms with Gasteiger partial charge in [0, 0.05) is 34.3 Å². The molecule has 3 heterocycles. The lowest BCUT2D eigenvalue weighted by atomic mass is 10.1. The predicted molar refractivity (Wildman–Crippen MR) is 150 cm³/mol. The summed E-state index contributed by atoms with van der Waals surface area (Å²) in [5, 5.41) is 10.0. The molecule has 1 atom stereocenters. The van der Waals surface area contributed by atoms with E-state index in [-0.39, 0.29) is 0 Å². The Morgan fingerprint density at radius 1 is 1.11 bits per heavy atom. The maximum atomic E-state index is 6.47. The Bertz CT molecular complexity index is 1380. The van der Waals surface area contributed by atoms with Crippen LogP contribution < -0.4 is 20.1 Å². The van der Waals surface area contributed by atoms with Crippen LogP contribution in [-0.4, -0.2) is 38.8 Å². The molecule has 0 spiro atoms. The van der Waals surface area contributed by atoms with Crippen molar-refractivity contribution in [3.05, 3.63) is 53.7 Å². The maximum Gasteiger partial charge on any atom is 0.240 e. The summed E-state index contributed by atoms with van der Waals surface area (Å²) in [5.74, 6) is 2.00. The number of rotatable bonds is 8. The van der Waals surface area contributed by atoms with Crippen LogP contribution >= 0.6 is 23.3 Å². The molecule has 0 radical (unpaired) electrons. The predicted octanol–water partition coefficient (Wildman–Crippen LogP) is 6.63. The van der Waals surface area contributed by atoms with Gasteiger partial charge in [-0.2, -0.15) is 0 Å². The minimum Gasteiger partial charge on any atom is -0.437 e. The largest absolute Gasteiger partial charge is 0.437 e. The highest BCUT2D eigenvalue weighted by atomic mass is 32.2. The van der Waals surface area contributed by atoms with Gasteiger partial charge < -0.3 is 20.1 Å². The zero-order chi connectivity index (χ0) is 24.5. The number of piperidine rings is 1. The fourth-order valence-corrected chi connectivity index (χ4v) is 6.02. The van der Waals surface area contributed by atoms with E-state index < -0.39 is 0 Å².